The van der Waals surface area contributed by atoms with Gasteiger partial charge in [-0.05, 0) is 42.8 Å². The van der Waals surface area contributed by atoms with Crippen molar-refractivity contribution >= 4 is 24.1 Å². The number of benzene rings is 2. The number of aromatic hydroxyl groups is 1. The zero-order chi connectivity index (χ0) is 24.5. The first-order valence-corrected chi connectivity index (χ1v) is 10.3. The number of ether oxygens (including phenoxy) is 1. The number of aliphatic hydroxyl groups excluding tert-OH is 1. The van der Waals surface area contributed by atoms with E-state index in [2.05, 4.69) is 20.8 Å². The van der Waals surface area contributed by atoms with E-state index in [0.717, 1.165) is 0 Å². The Balaban J connectivity index is 1.85. The van der Waals surface area contributed by atoms with Crippen molar-refractivity contribution in [2.24, 2.45) is 5.10 Å². The van der Waals surface area contributed by atoms with E-state index < -0.39 is 11.8 Å². The van der Waals surface area contributed by atoms with Crippen LogP contribution in [-0.2, 0) is 11.4 Å². The predicted octanol–water partition coefficient (Wildman–Crippen LogP) is 2.52. The third-order valence-electron chi connectivity index (χ3n) is 4.84. The second-order valence-corrected chi connectivity index (χ2v) is 7.14. The molecule has 9 nitrogen and oxygen atoms in total. The number of hydrogen-bond acceptors (Lipinski definition) is 7. The number of carbonyl (C=O) groups is 2. The maximum Gasteiger partial charge on any atom is 0.287 e. The van der Waals surface area contributed by atoms with Gasteiger partial charge in [0.1, 0.15) is 17.2 Å². The highest BCUT2D eigenvalue weighted by Gasteiger charge is 2.15. The van der Waals surface area contributed by atoms with Crippen molar-refractivity contribution in [2.75, 3.05) is 7.11 Å². The second kappa shape index (κ2) is 11.4. The highest BCUT2D eigenvalue weighted by molar-refractivity contribution is 6.05. The lowest BCUT2D eigenvalue weighted by Gasteiger charge is -2.10. The maximum absolute atomic E-state index is 12.9. The van der Waals surface area contributed by atoms with Crippen molar-refractivity contribution in [1.29, 1.82) is 0 Å². The fraction of sp³-hybridized carbons (Fsp3) is 0.120. The highest BCUT2D eigenvalue weighted by Crippen LogP contribution is 2.21. The summed E-state index contributed by atoms with van der Waals surface area (Å²) in [6.07, 6.45) is 4.11. The molecule has 174 valence electrons. The minimum Gasteiger partial charge on any atom is -0.505 e. The summed E-state index contributed by atoms with van der Waals surface area (Å²) >= 11 is 0. The van der Waals surface area contributed by atoms with Crippen LogP contribution in [0.2, 0.25) is 0 Å². The van der Waals surface area contributed by atoms with Crippen molar-refractivity contribution in [2.45, 2.75) is 13.5 Å². The molecule has 0 aliphatic carbocycles. The number of hydrogen-bond donors (Lipinski definition) is 4. The van der Waals surface area contributed by atoms with Gasteiger partial charge in [-0.3, -0.25) is 14.6 Å². The Bertz CT molecular complexity index is 1220. The van der Waals surface area contributed by atoms with Gasteiger partial charge < -0.3 is 20.3 Å². The SMILES string of the molecule is COc1ccc(/C=C(\NC(=O)c2ccccc2)C(=O)N/N=C\c2c(CO)cnc(C)c2O)cc1. The van der Waals surface area contributed by atoms with Crippen molar-refractivity contribution in [3.8, 4) is 11.5 Å². The summed E-state index contributed by atoms with van der Waals surface area (Å²) in [4.78, 5) is 29.5. The summed E-state index contributed by atoms with van der Waals surface area (Å²) in [5.41, 5.74) is 4.23. The minimum absolute atomic E-state index is 0.0475. The number of pyridine rings is 1. The average Bonchev–Trinajstić information content (AvgIpc) is 2.87. The second-order valence-electron chi connectivity index (χ2n) is 7.14. The van der Waals surface area contributed by atoms with Crippen LogP contribution in [0.15, 0.2) is 71.6 Å². The smallest absolute Gasteiger partial charge is 0.287 e. The van der Waals surface area contributed by atoms with Gasteiger partial charge in [0.2, 0.25) is 0 Å². The molecule has 0 fully saturated rings. The standard InChI is InChI=1S/C25H24N4O5/c1-16-23(31)21(19(15-30)13-26-16)14-27-29-25(33)22(12-17-8-10-20(34-2)11-9-17)28-24(32)18-6-4-3-5-7-18/h3-14,30-31H,15H2,1-2H3,(H,28,32)(H,29,33)/b22-12-,27-14-. The van der Waals surface area contributed by atoms with Gasteiger partial charge in [-0.15, -0.1) is 0 Å². The van der Waals surface area contributed by atoms with Gasteiger partial charge in [-0.2, -0.15) is 5.10 Å². The summed E-state index contributed by atoms with van der Waals surface area (Å²) in [7, 11) is 1.55. The first kappa shape index (κ1) is 24.1. The molecule has 9 heteroatoms. The minimum atomic E-state index is -0.688. The van der Waals surface area contributed by atoms with Crippen molar-refractivity contribution in [3.05, 3.63) is 94.4 Å². The van der Waals surface area contributed by atoms with E-state index in [0.29, 0.717) is 28.1 Å². The van der Waals surface area contributed by atoms with Crippen LogP contribution in [0.3, 0.4) is 0 Å². The van der Waals surface area contributed by atoms with Gasteiger partial charge in [0.05, 0.1) is 25.6 Å². The molecular weight excluding hydrogens is 436 g/mol. The Morgan fingerprint density at radius 3 is 2.47 bits per heavy atom. The Labute approximate surface area is 196 Å². The van der Waals surface area contributed by atoms with Crippen LogP contribution in [-0.4, -0.2) is 40.3 Å². The van der Waals surface area contributed by atoms with Crippen molar-refractivity contribution in [3.63, 3.8) is 0 Å². The van der Waals surface area contributed by atoms with Crippen molar-refractivity contribution in [1.82, 2.24) is 15.7 Å². The number of amides is 2. The van der Waals surface area contributed by atoms with E-state index in [9.17, 15) is 19.8 Å². The van der Waals surface area contributed by atoms with Crippen LogP contribution in [0, 0.1) is 6.92 Å². The summed E-state index contributed by atoms with van der Waals surface area (Å²) in [5, 5.41) is 26.2. The summed E-state index contributed by atoms with van der Waals surface area (Å²) in [6, 6.07) is 15.4. The highest BCUT2D eigenvalue weighted by atomic mass is 16.5. The van der Waals surface area contributed by atoms with E-state index in [-0.39, 0.29) is 23.6 Å². The molecule has 34 heavy (non-hydrogen) atoms. The topological polar surface area (TPSA) is 133 Å². The molecule has 0 saturated carbocycles. The number of aliphatic hydroxyl groups is 1. The number of rotatable bonds is 8. The van der Waals surface area contributed by atoms with E-state index >= 15 is 0 Å². The number of aryl methyl sites for hydroxylation is 1. The molecule has 4 N–H and O–H groups in total. The third-order valence-corrected chi connectivity index (χ3v) is 4.84. The number of nitrogens with zero attached hydrogens (tertiary/aromatic N) is 2. The van der Waals surface area contributed by atoms with Crippen LogP contribution in [0.1, 0.15) is 32.7 Å². The third kappa shape index (κ3) is 6.05. The maximum atomic E-state index is 12.9. The average molecular weight is 460 g/mol. The molecule has 3 aromatic rings. The summed E-state index contributed by atoms with van der Waals surface area (Å²) in [6.45, 7) is 1.23. The number of methoxy groups -OCH3 is 1. The molecular formula is C25H24N4O5. The lowest BCUT2D eigenvalue weighted by Crippen LogP contribution is -2.32. The molecule has 2 amide bonds. The first-order valence-electron chi connectivity index (χ1n) is 10.3. The Hall–Kier alpha value is -4.50. The molecule has 1 heterocycles. The van der Waals surface area contributed by atoms with Gasteiger partial charge in [-0.25, -0.2) is 5.43 Å². The Kier molecular flexibility index (Phi) is 8.09. The van der Waals surface area contributed by atoms with Gasteiger partial charge in [-0.1, -0.05) is 30.3 Å². The quantitative estimate of drug-likeness (QED) is 0.232. The molecule has 0 unspecified atom stereocenters. The lowest BCUT2D eigenvalue weighted by molar-refractivity contribution is -0.117. The molecule has 0 bridgehead atoms. The zero-order valence-corrected chi connectivity index (χ0v) is 18.6. The molecule has 0 aliphatic heterocycles. The largest absolute Gasteiger partial charge is 0.505 e. The Morgan fingerprint density at radius 2 is 1.82 bits per heavy atom. The molecule has 1 aromatic heterocycles. The summed E-state index contributed by atoms with van der Waals surface area (Å²) < 4.78 is 5.14. The van der Waals surface area contributed by atoms with Crippen LogP contribution in [0.4, 0.5) is 0 Å². The molecule has 2 aromatic carbocycles. The number of hydrazone groups is 1. The predicted molar refractivity (Wildman–Crippen MR) is 127 cm³/mol. The molecule has 0 aliphatic rings. The molecule has 0 saturated heterocycles. The first-order chi connectivity index (χ1) is 16.4. The van der Waals surface area contributed by atoms with Crippen LogP contribution >= 0.6 is 0 Å². The van der Waals surface area contributed by atoms with Crippen LogP contribution in [0.5, 0.6) is 11.5 Å². The number of carbonyl (C=O) groups excluding carboxylic acids is 2. The van der Waals surface area contributed by atoms with Gasteiger partial charge in [0.15, 0.2) is 0 Å². The molecule has 3 rings (SSSR count). The van der Waals surface area contributed by atoms with Crippen molar-refractivity contribution < 1.29 is 24.5 Å². The van der Waals surface area contributed by atoms with E-state index in [1.165, 1.54) is 18.5 Å². The fourth-order valence-electron chi connectivity index (χ4n) is 2.95. The number of aromatic nitrogens is 1. The molecule has 0 spiro atoms. The van der Waals surface area contributed by atoms with E-state index in [1.807, 2.05) is 0 Å². The van der Waals surface area contributed by atoms with Gasteiger partial charge in [0.25, 0.3) is 11.8 Å². The van der Waals surface area contributed by atoms with Gasteiger partial charge >= 0.3 is 0 Å². The van der Waals surface area contributed by atoms with E-state index in [1.54, 1.807) is 68.6 Å². The fourth-order valence-corrected chi connectivity index (χ4v) is 2.95. The summed E-state index contributed by atoms with van der Waals surface area (Å²) in [5.74, 6) is -0.666. The van der Waals surface area contributed by atoms with E-state index in [4.69, 9.17) is 4.74 Å². The number of nitrogens with one attached hydrogen (secondary N) is 2. The molecule has 0 radical (unpaired) electrons. The monoisotopic (exact) mass is 460 g/mol. The zero-order valence-electron chi connectivity index (χ0n) is 18.6. The lowest BCUT2D eigenvalue weighted by atomic mass is 10.1. The van der Waals surface area contributed by atoms with Crippen LogP contribution in [0.25, 0.3) is 6.08 Å². The molecule has 0 atom stereocenters. The normalized spacial score (nSPS) is 11.3. The Morgan fingerprint density at radius 1 is 1.12 bits per heavy atom. The van der Waals surface area contributed by atoms with Gasteiger partial charge in [0, 0.05) is 22.9 Å². The van der Waals surface area contributed by atoms with Crippen LogP contribution < -0.4 is 15.5 Å².